The van der Waals surface area contributed by atoms with Gasteiger partial charge in [0.25, 0.3) is 0 Å². The van der Waals surface area contributed by atoms with Gasteiger partial charge >= 0.3 is 0 Å². The topological polar surface area (TPSA) is 101 Å². The Bertz CT molecular complexity index is 1080. The number of aryl methyl sites for hydroxylation is 1. The minimum absolute atomic E-state index is 0.173. The number of hydrogen-bond acceptors (Lipinski definition) is 8. The molecule has 0 bridgehead atoms. The monoisotopic (exact) mass is 462 g/mol. The molecule has 2 aliphatic heterocycles. The molecule has 166 valence electrons. The zero-order chi connectivity index (χ0) is 21.2. The van der Waals surface area contributed by atoms with E-state index < -0.39 is 0 Å². The summed E-state index contributed by atoms with van der Waals surface area (Å²) < 4.78 is 18.2. The third kappa shape index (κ3) is 4.61. The van der Waals surface area contributed by atoms with Gasteiger partial charge in [0.1, 0.15) is 11.5 Å². The molecule has 3 aromatic heterocycles. The van der Waals surface area contributed by atoms with Crippen LogP contribution in [0.5, 0.6) is 0 Å². The number of nitrogens with zero attached hydrogens (tertiary/aromatic N) is 7. The van der Waals surface area contributed by atoms with Gasteiger partial charge in [0.2, 0.25) is 0 Å². The third-order valence-corrected chi connectivity index (χ3v) is 6.92. The van der Waals surface area contributed by atoms with E-state index in [1.165, 1.54) is 0 Å². The fraction of sp³-hybridized carbons (Fsp3) is 0.632. The molecule has 0 spiro atoms. The van der Waals surface area contributed by atoms with Gasteiger partial charge in [0.15, 0.2) is 15.8 Å². The fourth-order valence-electron chi connectivity index (χ4n) is 4.05. The van der Waals surface area contributed by atoms with Crippen molar-refractivity contribution < 1.29 is 9.47 Å². The Balaban J connectivity index is 1.36. The molecule has 0 unspecified atom stereocenters. The molecule has 10 nitrogen and oxygen atoms in total. The van der Waals surface area contributed by atoms with Crippen LogP contribution in [0.1, 0.15) is 31.5 Å². The van der Waals surface area contributed by atoms with E-state index in [1.807, 2.05) is 23.9 Å². The van der Waals surface area contributed by atoms with Crippen molar-refractivity contribution in [2.45, 2.75) is 61.9 Å². The molecule has 0 radical (unpaired) electrons. The van der Waals surface area contributed by atoms with E-state index in [0.717, 1.165) is 67.9 Å². The van der Waals surface area contributed by atoms with Crippen LogP contribution < -0.4 is 0 Å². The molecular formula is C19H26N8O2S2. The average molecular weight is 463 g/mol. The van der Waals surface area contributed by atoms with Crippen LogP contribution in [0, 0.1) is 4.77 Å². The molecule has 0 amide bonds. The van der Waals surface area contributed by atoms with Crippen molar-refractivity contribution in [3.63, 3.8) is 0 Å². The van der Waals surface area contributed by atoms with E-state index in [9.17, 15) is 0 Å². The number of thioether (sulfide) groups is 1. The SMILES string of the molecule is Cn1ccc(-c2nnc(SCc3n[nH]c(=S)n3C[C@H]3CCCO3)n2C[C@H]2CCCO2)n1. The van der Waals surface area contributed by atoms with E-state index in [1.54, 1.807) is 16.4 Å². The van der Waals surface area contributed by atoms with Crippen molar-refractivity contribution in [3.05, 3.63) is 22.9 Å². The van der Waals surface area contributed by atoms with Crippen LogP contribution in [-0.2, 0) is 35.4 Å². The second-order valence-electron chi connectivity index (χ2n) is 7.91. The molecule has 3 aromatic rings. The van der Waals surface area contributed by atoms with E-state index >= 15 is 0 Å². The highest BCUT2D eigenvalue weighted by Crippen LogP contribution is 2.28. The molecule has 2 saturated heterocycles. The number of H-pyrrole nitrogens is 1. The molecule has 0 aromatic carbocycles. The van der Waals surface area contributed by atoms with Crippen LogP contribution in [0.15, 0.2) is 17.4 Å². The van der Waals surface area contributed by atoms with Crippen LogP contribution in [0.4, 0.5) is 0 Å². The second kappa shape index (κ2) is 9.23. The zero-order valence-electron chi connectivity index (χ0n) is 17.4. The van der Waals surface area contributed by atoms with Gasteiger partial charge in [-0.2, -0.15) is 10.2 Å². The summed E-state index contributed by atoms with van der Waals surface area (Å²) in [6, 6.07) is 1.96. The van der Waals surface area contributed by atoms with Crippen LogP contribution in [0.3, 0.4) is 0 Å². The van der Waals surface area contributed by atoms with Crippen molar-refractivity contribution >= 4 is 24.0 Å². The Hall–Kier alpha value is -2.02. The van der Waals surface area contributed by atoms with Crippen LogP contribution >= 0.6 is 24.0 Å². The number of hydrogen-bond donors (Lipinski definition) is 1. The highest BCUT2D eigenvalue weighted by Gasteiger charge is 2.24. The molecule has 12 heteroatoms. The third-order valence-electron chi connectivity index (χ3n) is 5.65. The first-order chi connectivity index (χ1) is 15.2. The lowest BCUT2D eigenvalue weighted by Crippen LogP contribution is -2.18. The molecule has 31 heavy (non-hydrogen) atoms. The molecule has 5 rings (SSSR count). The maximum atomic E-state index is 5.88. The average Bonchev–Trinajstić information content (AvgIpc) is 3.57. The highest BCUT2D eigenvalue weighted by atomic mass is 32.2. The lowest BCUT2D eigenvalue weighted by atomic mass is 10.2. The molecule has 1 N–H and O–H groups in total. The molecule has 0 saturated carbocycles. The Labute approximate surface area is 189 Å². The minimum atomic E-state index is 0.173. The number of aromatic amines is 1. The lowest BCUT2D eigenvalue weighted by molar-refractivity contribution is 0.0952. The summed E-state index contributed by atoms with van der Waals surface area (Å²) in [5.41, 5.74) is 0.806. The van der Waals surface area contributed by atoms with Crippen molar-refractivity contribution in [3.8, 4) is 11.5 Å². The quantitative estimate of drug-likeness (QED) is 0.403. The molecule has 2 aliphatic rings. The van der Waals surface area contributed by atoms with Crippen molar-refractivity contribution in [1.82, 2.24) is 39.3 Å². The van der Waals surface area contributed by atoms with Gasteiger partial charge in [-0.15, -0.1) is 10.2 Å². The predicted octanol–water partition coefficient (Wildman–Crippen LogP) is 2.58. The molecule has 2 atom stereocenters. The maximum Gasteiger partial charge on any atom is 0.195 e. The summed E-state index contributed by atoms with van der Waals surface area (Å²) >= 11 is 7.05. The lowest BCUT2D eigenvalue weighted by Gasteiger charge is -2.14. The normalized spacial score (nSPS) is 21.3. The second-order valence-corrected chi connectivity index (χ2v) is 9.23. The summed E-state index contributed by atoms with van der Waals surface area (Å²) in [7, 11) is 1.90. The summed E-state index contributed by atoms with van der Waals surface area (Å²) in [6.07, 6.45) is 6.58. The van der Waals surface area contributed by atoms with Gasteiger partial charge in [-0.05, 0) is 44.0 Å². The predicted molar refractivity (Wildman–Crippen MR) is 117 cm³/mol. The smallest absolute Gasteiger partial charge is 0.195 e. The Kier molecular flexibility index (Phi) is 6.21. The van der Waals surface area contributed by atoms with Crippen LogP contribution in [0.2, 0.25) is 0 Å². The molecular weight excluding hydrogens is 436 g/mol. The van der Waals surface area contributed by atoms with Gasteiger partial charge in [-0.3, -0.25) is 14.3 Å². The van der Waals surface area contributed by atoms with E-state index in [4.69, 9.17) is 21.7 Å². The largest absolute Gasteiger partial charge is 0.376 e. The first-order valence-corrected chi connectivity index (χ1v) is 12.0. The van der Waals surface area contributed by atoms with Gasteiger partial charge in [-0.1, -0.05) is 11.8 Å². The first-order valence-electron chi connectivity index (χ1n) is 10.6. The minimum Gasteiger partial charge on any atom is -0.376 e. The summed E-state index contributed by atoms with van der Waals surface area (Å²) in [5, 5.41) is 21.6. The van der Waals surface area contributed by atoms with E-state index in [-0.39, 0.29) is 12.2 Å². The van der Waals surface area contributed by atoms with E-state index in [2.05, 4.69) is 30.1 Å². The number of aromatic nitrogens is 8. The van der Waals surface area contributed by atoms with Gasteiger partial charge in [0, 0.05) is 26.5 Å². The summed E-state index contributed by atoms with van der Waals surface area (Å²) in [4.78, 5) is 0. The summed E-state index contributed by atoms with van der Waals surface area (Å²) in [5.74, 6) is 2.28. The summed E-state index contributed by atoms with van der Waals surface area (Å²) in [6.45, 7) is 3.08. The van der Waals surface area contributed by atoms with E-state index in [0.29, 0.717) is 17.1 Å². The fourth-order valence-corrected chi connectivity index (χ4v) is 5.17. The Morgan fingerprint density at radius 2 is 1.87 bits per heavy atom. The molecule has 5 heterocycles. The maximum absolute atomic E-state index is 5.88. The zero-order valence-corrected chi connectivity index (χ0v) is 19.1. The van der Waals surface area contributed by atoms with Crippen molar-refractivity contribution in [2.24, 2.45) is 7.05 Å². The van der Waals surface area contributed by atoms with Crippen molar-refractivity contribution in [1.29, 1.82) is 0 Å². The van der Waals surface area contributed by atoms with Crippen molar-refractivity contribution in [2.75, 3.05) is 13.2 Å². The Morgan fingerprint density at radius 3 is 2.52 bits per heavy atom. The highest BCUT2D eigenvalue weighted by molar-refractivity contribution is 7.98. The van der Waals surface area contributed by atoms with Gasteiger partial charge in [0.05, 0.1) is 31.1 Å². The van der Waals surface area contributed by atoms with Gasteiger partial charge in [-0.25, -0.2) is 0 Å². The van der Waals surface area contributed by atoms with Crippen LogP contribution in [-0.4, -0.2) is 64.7 Å². The van der Waals surface area contributed by atoms with Crippen LogP contribution in [0.25, 0.3) is 11.5 Å². The number of rotatable bonds is 8. The first kappa shape index (κ1) is 20.9. The molecule has 2 fully saturated rings. The number of nitrogens with one attached hydrogen (secondary N) is 1. The number of ether oxygens (including phenoxy) is 2. The standard InChI is InChI=1S/C19H26N8O2S2/c1-25-7-6-15(24-25)17-21-23-19(27(17)11-14-5-3-9-29-14)31-12-16-20-22-18(30)26(16)10-13-4-2-8-28-13/h6-7,13-14H,2-5,8-12H2,1H3,(H,22,30)/t13-,14-/m1/s1. The van der Waals surface area contributed by atoms with Gasteiger partial charge < -0.3 is 14.0 Å². The molecule has 0 aliphatic carbocycles. The Morgan fingerprint density at radius 1 is 1.13 bits per heavy atom.